The van der Waals surface area contributed by atoms with Crippen LogP contribution in [0.2, 0.25) is 0 Å². The molecule has 1 atom stereocenters. The molecule has 2 aromatic rings. The van der Waals surface area contributed by atoms with Gasteiger partial charge in [0.25, 0.3) is 0 Å². The number of aliphatic hydroxyl groups is 1. The summed E-state index contributed by atoms with van der Waals surface area (Å²) >= 11 is 0. The number of benzene rings is 2. The fraction of sp³-hybridized carbons (Fsp3) is 0.561. The van der Waals surface area contributed by atoms with Crippen LogP contribution in [0.5, 0.6) is 0 Å². The van der Waals surface area contributed by atoms with Crippen molar-refractivity contribution in [1.29, 1.82) is 0 Å². The van der Waals surface area contributed by atoms with Crippen molar-refractivity contribution in [2.75, 3.05) is 19.8 Å². The summed E-state index contributed by atoms with van der Waals surface area (Å²) in [6, 6.07) is 14.3. The molecule has 2 aromatic carbocycles. The van der Waals surface area contributed by atoms with Crippen molar-refractivity contribution in [2.24, 2.45) is 17.8 Å². The average Bonchev–Trinajstić information content (AvgIpc) is 3.09. The second kappa shape index (κ2) is 18.3. The van der Waals surface area contributed by atoms with Gasteiger partial charge in [-0.2, -0.15) is 0 Å². The summed E-state index contributed by atoms with van der Waals surface area (Å²) in [5, 5.41) is 9.12. The van der Waals surface area contributed by atoms with Crippen LogP contribution in [0, 0.1) is 23.6 Å². The van der Waals surface area contributed by atoms with Crippen LogP contribution in [0.1, 0.15) is 120 Å². The number of unbranched alkanes of at least 4 members (excludes halogenated alkanes) is 2. The fourth-order valence-electron chi connectivity index (χ4n) is 7.58. The zero-order chi connectivity index (χ0) is 33.8. The molecule has 0 amide bonds. The number of rotatable bonds is 16. The van der Waals surface area contributed by atoms with Crippen molar-refractivity contribution >= 4 is 11.9 Å². The maximum Gasteiger partial charge on any atom is 0.335 e. The highest BCUT2D eigenvalue weighted by atomic mass is 19.1. The molecule has 4 rings (SSSR count). The lowest BCUT2D eigenvalue weighted by molar-refractivity contribution is -0.144. The van der Waals surface area contributed by atoms with Gasteiger partial charge in [0.1, 0.15) is 5.82 Å². The molecule has 47 heavy (non-hydrogen) atoms. The molecular weight excluding hydrogens is 591 g/mol. The lowest BCUT2D eigenvalue weighted by Crippen LogP contribution is -2.27. The average molecular weight is 647 g/mol. The molecule has 2 fully saturated rings. The van der Waals surface area contributed by atoms with Gasteiger partial charge in [0.05, 0.1) is 25.4 Å². The Kier molecular flexibility index (Phi) is 14.3. The molecule has 5 nitrogen and oxygen atoms in total. The minimum atomic E-state index is -0.620. The molecule has 6 heteroatoms. The van der Waals surface area contributed by atoms with Crippen molar-refractivity contribution in [3.63, 3.8) is 0 Å². The largest absolute Gasteiger partial charge is 0.462 e. The highest BCUT2D eigenvalue weighted by molar-refractivity contribution is 5.88. The van der Waals surface area contributed by atoms with Gasteiger partial charge < -0.3 is 14.6 Å². The first-order valence-corrected chi connectivity index (χ1v) is 17.9. The summed E-state index contributed by atoms with van der Waals surface area (Å²) in [7, 11) is 0. The molecule has 0 heterocycles. The Morgan fingerprint density at radius 1 is 0.872 bits per heavy atom. The summed E-state index contributed by atoms with van der Waals surface area (Å²) < 4.78 is 26.3. The number of carbonyl (C=O) groups is 2. The number of ether oxygens (including phenoxy) is 2. The topological polar surface area (TPSA) is 72.8 Å². The van der Waals surface area contributed by atoms with Crippen LogP contribution in [-0.4, -0.2) is 36.9 Å². The SMILES string of the molecule is C=C(C)C(=O)OCC(CCOC(=O)C(=C)CO)C1CCC(c2ccc(-c3ccc(C4CCC(CCCCC)CC4)cc3)c(F)c2)CC1. The molecule has 0 saturated heterocycles. The molecule has 1 unspecified atom stereocenters. The zero-order valence-electron chi connectivity index (χ0n) is 28.6. The van der Waals surface area contributed by atoms with E-state index in [-0.39, 0.29) is 42.4 Å². The molecule has 0 aromatic heterocycles. The van der Waals surface area contributed by atoms with Gasteiger partial charge in [-0.15, -0.1) is 0 Å². The van der Waals surface area contributed by atoms with Crippen LogP contribution < -0.4 is 0 Å². The van der Waals surface area contributed by atoms with Crippen molar-refractivity contribution < 1.29 is 28.6 Å². The minimum Gasteiger partial charge on any atom is -0.462 e. The van der Waals surface area contributed by atoms with Gasteiger partial charge in [0.2, 0.25) is 0 Å². The molecule has 2 aliphatic rings. The lowest BCUT2D eigenvalue weighted by atomic mass is 9.73. The van der Waals surface area contributed by atoms with Crippen molar-refractivity contribution in [3.8, 4) is 11.1 Å². The van der Waals surface area contributed by atoms with Gasteiger partial charge in [0.15, 0.2) is 0 Å². The summed E-state index contributed by atoms with van der Waals surface area (Å²) in [6.45, 7) is 11.0. The Morgan fingerprint density at radius 2 is 1.51 bits per heavy atom. The predicted molar refractivity (Wildman–Crippen MR) is 186 cm³/mol. The molecule has 2 saturated carbocycles. The van der Waals surface area contributed by atoms with Crippen LogP contribution >= 0.6 is 0 Å². The Morgan fingerprint density at radius 3 is 2.13 bits per heavy atom. The maximum atomic E-state index is 15.5. The summed E-state index contributed by atoms with van der Waals surface area (Å²) in [6.07, 6.45) is 14.7. The first-order chi connectivity index (χ1) is 22.7. The van der Waals surface area contributed by atoms with E-state index in [0.717, 1.165) is 42.7 Å². The van der Waals surface area contributed by atoms with Gasteiger partial charge in [0, 0.05) is 11.1 Å². The third-order valence-electron chi connectivity index (χ3n) is 10.6. The van der Waals surface area contributed by atoms with Gasteiger partial charge in [-0.25, -0.2) is 14.0 Å². The first-order valence-electron chi connectivity index (χ1n) is 17.9. The van der Waals surface area contributed by atoms with Crippen molar-refractivity contribution in [3.05, 3.63) is 83.7 Å². The molecular formula is C41H55FO5. The van der Waals surface area contributed by atoms with Gasteiger partial charge in [-0.3, -0.25) is 0 Å². The molecule has 2 aliphatic carbocycles. The number of aliphatic hydroxyl groups excluding tert-OH is 1. The molecule has 1 N–H and O–H groups in total. The van der Waals surface area contributed by atoms with E-state index in [0.29, 0.717) is 23.5 Å². The Balaban J connectivity index is 1.31. The Hall–Kier alpha value is -3.25. The van der Waals surface area contributed by atoms with Crippen molar-refractivity contribution in [2.45, 2.75) is 109 Å². The van der Waals surface area contributed by atoms with E-state index in [1.54, 1.807) is 13.0 Å². The Bertz CT molecular complexity index is 1330. The molecule has 256 valence electrons. The summed E-state index contributed by atoms with van der Waals surface area (Å²) in [5.74, 6) is 0.834. The van der Waals surface area contributed by atoms with E-state index in [4.69, 9.17) is 14.6 Å². The highest BCUT2D eigenvalue weighted by Crippen LogP contribution is 2.42. The number of halogens is 1. The molecule has 0 bridgehead atoms. The number of esters is 2. The third-order valence-corrected chi connectivity index (χ3v) is 10.6. The first kappa shape index (κ1) is 36.6. The summed E-state index contributed by atoms with van der Waals surface area (Å²) in [5.41, 5.74) is 4.33. The van der Waals surface area contributed by atoms with E-state index < -0.39 is 18.5 Å². The number of hydrogen-bond donors (Lipinski definition) is 1. The van der Waals surface area contributed by atoms with Crippen LogP contribution in [0.4, 0.5) is 4.39 Å². The van der Waals surface area contributed by atoms with Gasteiger partial charge in [-0.05, 0) is 117 Å². The quantitative estimate of drug-likeness (QED) is 0.112. The van der Waals surface area contributed by atoms with E-state index in [9.17, 15) is 9.59 Å². The number of carbonyl (C=O) groups excluding carboxylic acids is 2. The van der Waals surface area contributed by atoms with Crippen LogP contribution in [0.3, 0.4) is 0 Å². The second-order valence-electron chi connectivity index (χ2n) is 14.0. The summed E-state index contributed by atoms with van der Waals surface area (Å²) in [4.78, 5) is 24.0. The van der Waals surface area contributed by atoms with E-state index >= 15 is 4.39 Å². The van der Waals surface area contributed by atoms with Crippen LogP contribution in [0.25, 0.3) is 11.1 Å². The molecule has 0 radical (unpaired) electrons. The van der Waals surface area contributed by atoms with E-state index in [1.807, 2.05) is 6.07 Å². The zero-order valence-corrected chi connectivity index (χ0v) is 28.6. The minimum absolute atomic E-state index is 0.0107. The smallest absolute Gasteiger partial charge is 0.335 e. The van der Waals surface area contributed by atoms with Gasteiger partial charge in [-0.1, -0.05) is 82.2 Å². The van der Waals surface area contributed by atoms with Crippen LogP contribution in [-0.2, 0) is 19.1 Å². The Labute approximate surface area is 281 Å². The monoisotopic (exact) mass is 646 g/mol. The standard InChI is InChI=1S/C41H55FO5/c1-5-6-7-8-30-9-11-31(12-10-30)32-17-19-35(20-18-32)38-22-21-36(25-39(38)42)33-13-15-34(16-14-33)37(27-47-40(44)28(2)3)23-24-46-41(45)29(4)26-43/h17-22,25,30-31,33-34,37,43H,2,4-16,23-24,26-27H2,1,3H3. The third kappa shape index (κ3) is 10.6. The normalized spacial score (nSPS) is 21.9. The van der Waals surface area contributed by atoms with E-state index in [2.05, 4.69) is 50.4 Å². The van der Waals surface area contributed by atoms with Gasteiger partial charge >= 0.3 is 11.9 Å². The fourth-order valence-corrected chi connectivity index (χ4v) is 7.58. The molecule has 0 aliphatic heterocycles. The maximum absolute atomic E-state index is 15.5. The van der Waals surface area contributed by atoms with E-state index in [1.165, 1.54) is 56.9 Å². The second-order valence-corrected chi connectivity index (χ2v) is 14.0. The number of hydrogen-bond acceptors (Lipinski definition) is 5. The van der Waals surface area contributed by atoms with Crippen molar-refractivity contribution in [1.82, 2.24) is 0 Å². The lowest BCUT2D eigenvalue weighted by Gasteiger charge is -2.34. The van der Waals surface area contributed by atoms with Crippen LogP contribution in [0.15, 0.2) is 66.8 Å². The predicted octanol–water partition coefficient (Wildman–Crippen LogP) is 9.84. The highest BCUT2D eigenvalue weighted by Gasteiger charge is 2.30. The molecule has 0 spiro atoms.